The smallest absolute Gasteiger partial charge is 0.318 e. The van der Waals surface area contributed by atoms with Gasteiger partial charge in [-0.05, 0) is 91.8 Å². The van der Waals surface area contributed by atoms with Crippen LogP contribution in [-0.4, -0.2) is 22.4 Å². The second-order valence-corrected chi connectivity index (χ2v) is 10.3. The Kier molecular flexibility index (Phi) is 6.01. The predicted molar refractivity (Wildman–Crippen MR) is 139 cm³/mol. The number of hydrogen-bond acceptors (Lipinski definition) is 3. The van der Waals surface area contributed by atoms with Crippen LogP contribution in [0.3, 0.4) is 0 Å². The van der Waals surface area contributed by atoms with Gasteiger partial charge in [-0.3, -0.25) is 14.9 Å². The molecule has 4 amide bonds. The van der Waals surface area contributed by atoms with Gasteiger partial charge in [-0.15, -0.1) is 0 Å². The molecule has 1 fully saturated rings. The van der Waals surface area contributed by atoms with E-state index in [1.54, 1.807) is 18.2 Å². The fraction of sp³-hybridized carbons (Fsp3) is 0.276. The maximum Gasteiger partial charge on any atom is 0.335 e. The van der Waals surface area contributed by atoms with Crippen molar-refractivity contribution < 1.29 is 14.4 Å². The Morgan fingerprint density at radius 2 is 1.40 bits per heavy atom. The molecule has 180 valence electrons. The molecule has 4 rings (SSSR count). The highest BCUT2D eigenvalue weighted by molar-refractivity contribution is 6.39. The molecule has 1 aliphatic rings. The second-order valence-electron chi connectivity index (χ2n) is 10.3. The van der Waals surface area contributed by atoms with E-state index in [4.69, 9.17) is 0 Å². The van der Waals surface area contributed by atoms with E-state index in [2.05, 4.69) is 54.9 Å². The molecule has 0 aliphatic carbocycles. The first-order chi connectivity index (χ1) is 16.4. The molecule has 0 bridgehead atoms. The van der Waals surface area contributed by atoms with Crippen molar-refractivity contribution in [3.05, 3.63) is 87.7 Å². The van der Waals surface area contributed by atoms with Gasteiger partial charge in [0.1, 0.15) is 5.57 Å². The van der Waals surface area contributed by atoms with E-state index in [0.717, 1.165) is 38.7 Å². The molecule has 0 atom stereocenters. The Hall–Kier alpha value is -3.93. The van der Waals surface area contributed by atoms with Gasteiger partial charge in [-0.2, -0.15) is 0 Å². The standard InChI is InChI=1S/C29H31N3O3/c1-17-12-18(2)14-24(13-17)32-27(34)25(26(33)30-28(32)35)16-21-15-19(3)31(20(21)4)23-10-8-22(9-11-23)29(5,6)7/h8-16H,1-7H3,(H,30,33,35)/b25-16-. The fourth-order valence-electron chi connectivity index (χ4n) is 4.57. The summed E-state index contributed by atoms with van der Waals surface area (Å²) in [6.07, 6.45) is 1.57. The number of nitrogens with zero attached hydrogens (tertiary/aromatic N) is 2. The van der Waals surface area contributed by atoms with Crippen molar-refractivity contribution in [1.82, 2.24) is 9.88 Å². The molecule has 1 N–H and O–H groups in total. The van der Waals surface area contributed by atoms with E-state index in [-0.39, 0.29) is 11.0 Å². The van der Waals surface area contributed by atoms with Crippen molar-refractivity contribution in [2.75, 3.05) is 4.90 Å². The Morgan fingerprint density at radius 3 is 1.97 bits per heavy atom. The summed E-state index contributed by atoms with van der Waals surface area (Å²) in [4.78, 5) is 39.6. The molecule has 0 unspecified atom stereocenters. The van der Waals surface area contributed by atoms with Gasteiger partial charge < -0.3 is 4.57 Å². The van der Waals surface area contributed by atoms with Crippen molar-refractivity contribution in [3.8, 4) is 5.69 Å². The zero-order valence-electron chi connectivity index (χ0n) is 21.3. The zero-order valence-corrected chi connectivity index (χ0v) is 21.3. The molecule has 0 saturated carbocycles. The highest BCUT2D eigenvalue weighted by atomic mass is 16.2. The van der Waals surface area contributed by atoms with Gasteiger partial charge in [0.15, 0.2) is 0 Å². The lowest BCUT2D eigenvalue weighted by atomic mass is 9.87. The van der Waals surface area contributed by atoms with Crippen LogP contribution < -0.4 is 10.2 Å². The Balaban J connectivity index is 1.74. The maximum atomic E-state index is 13.3. The third-order valence-corrected chi connectivity index (χ3v) is 6.33. The highest BCUT2D eigenvalue weighted by Gasteiger charge is 2.37. The van der Waals surface area contributed by atoms with Gasteiger partial charge in [0, 0.05) is 17.1 Å². The lowest BCUT2D eigenvalue weighted by Gasteiger charge is -2.27. The fourth-order valence-corrected chi connectivity index (χ4v) is 4.57. The average Bonchev–Trinajstić information content (AvgIpc) is 3.02. The Bertz CT molecular complexity index is 1370. The first-order valence-corrected chi connectivity index (χ1v) is 11.7. The van der Waals surface area contributed by atoms with E-state index in [0.29, 0.717) is 5.69 Å². The van der Waals surface area contributed by atoms with Gasteiger partial charge in [-0.25, -0.2) is 9.69 Å². The van der Waals surface area contributed by atoms with Crippen LogP contribution in [0.25, 0.3) is 11.8 Å². The minimum Gasteiger partial charge on any atom is -0.318 e. The van der Waals surface area contributed by atoms with Crippen LogP contribution in [0.1, 0.15) is 54.4 Å². The summed E-state index contributed by atoms with van der Waals surface area (Å²) < 4.78 is 2.09. The van der Waals surface area contributed by atoms with Gasteiger partial charge in [0.2, 0.25) is 0 Å². The van der Waals surface area contributed by atoms with Crippen LogP contribution in [0.4, 0.5) is 10.5 Å². The van der Waals surface area contributed by atoms with Crippen LogP contribution in [0.5, 0.6) is 0 Å². The predicted octanol–water partition coefficient (Wildman–Crippen LogP) is 5.67. The Labute approximate surface area is 206 Å². The molecular weight excluding hydrogens is 438 g/mol. The molecule has 6 heteroatoms. The molecule has 2 heterocycles. The minimum atomic E-state index is -0.744. The topological polar surface area (TPSA) is 71.4 Å². The summed E-state index contributed by atoms with van der Waals surface area (Å²) in [7, 11) is 0. The summed E-state index contributed by atoms with van der Waals surface area (Å²) in [5.74, 6) is -1.33. The zero-order chi connectivity index (χ0) is 25.7. The van der Waals surface area contributed by atoms with E-state index in [1.807, 2.05) is 39.8 Å². The number of carbonyl (C=O) groups is 3. The van der Waals surface area contributed by atoms with E-state index >= 15 is 0 Å². The molecule has 6 nitrogen and oxygen atoms in total. The number of hydrogen-bond donors (Lipinski definition) is 1. The number of urea groups is 1. The number of carbonyl (C=O) groups excluding carboxylic acids is 3. The molecule has 35 heavy (non-hydrogen) atoms. The van der Waals surface area contributed by atoms with Crippen LogP contribution in [0.15, 0.2) is 54.1 Å². The summed E-state index contributed by atoms with van der Waals surface area (Å²) >= 11 is 0. The van der Waals surface area contributed by atoms with Gasteiger partial charge in [-0.1, -0.05) is 39.0 Å². The van der Waals surface area contributed by atoms with Crippen molar-refractivity contribution in [1.29, 1.82) is 0 Å². The van der Waals surface area contributed by atoms with Crippen LogP contribution in [0, 0.1) is 27.7 Å². The lowest BCUT2D eigenvalue weighted by molar-refractivity contribution is -0.122. The first-order valence-electron chi connectivity index (χ1n) is 11.7. The number of barbiturate groups is 1. The number of imide groups is 2. The van der Waals surface area contributed by atoms with E-state index in [1.165, 1.54) is 5.56 Å². The monoisotopic (exact) mass is 469 g/mol. The lowest BCUT2D eigenvalue weighted by Crippen LogP contribution is -2.54. The summed E-state index contributed by atoms with van der Waals surface area (Å²) in [5.41, 5.74) is 7.13. The van der Waals surface area contributed by atoms with Crippen molar-refractivity contribution in [2.45, 2.75) is 53.9 Å². The number of anilines is 1. The molecule has 0 radical (unpaired) electrons. The second kappa shape index (κ2) is 8.69. The van der Waals surface area contributed by atoms with Crippen LogP contribution in [-0.2, 0) is 15.0 Å². The molecule has 1 aromatic heterocycles. The quantitative estimate of drug-likeness (QED) is 0.397. The van der Waals surface area contributed by atoms with Crippen molar-refractivity contribution in [3.63, 3.8) is 0 Å². The van der Waals surface area contributed by atoms with E-state index < -0.39 is 17.8 Å². The first kappa shape index (κ1) is 24.2. The number of nitrogens with one attached hydrogen (secondary N) is 1. The molecule has 1 saturated heterocycles. The minimum absolute atomic E-state index is 0.0583. The average molecular weight is 470 g/mol. The maximum absolute atomic E-state index is 13.3. The molecular formula is C29H31N3O3. The summed E-state index contributed by atoms with van der Waals surface area (Å²) in [5, 5.41) is 2.31. The van der Waals surface area contributed by atoms with Gasteiger partial charge in [0.25, 0.3) is 11.8 Å². The number of benzene rings is 2. The SMILES string of the molecule is Cc1cc(C)cc(N2C(=O)NC(=O)/C(=C/c3cc(C)n(-c4ccc(C(C)(C)C)cc4)c3C)C2=O)c1. The summed E-state index contributed by atoms with van der Waals surface area (Å²) in [6, 6.07) is 15.1. The highest BCUT2D eigenvalue weighted by Crippen LogP contribution is 2.28. The van der Waals surface area contributed by atoms with Gasteiger partial charge >= 0.3 is 6.03 Å². The van der Waals surface area contributed by atoms with Crippen LogP contribution >= 0.6 is 0 Å². The molecule has 1 aliphatic heterocycles. The number of rotatable bonds is 3. The largest absolute Gasteiger partial charge is 0.335 e. The summed E-state index contributed by atoms with van der Waals surface area (Å²) in [6.45, 7) is 14.3. The normalized spacial score (nSPS) is 15.7. The molecule has 0 spiro atoms. The number of amides is 4. The number of aryl methyl sites for hydroxylation is 3. The van der Waals surface area contributed by atoms with Crippen LogP contribution in [0.2, 0.25) is 0 Å². The third kappa shape index (κ3) is 4.56. The number of aromatic nitrogens is 1. The Morgan fingerprint density at radius 1 is 0.800 bits per heavy atom. The molecule has 3 aromatic rings. The van der Waals surface area contributed by atoms with Crippen molar-refractivity contribution >= 4 is 29.6 Å². The van der Waals surface area contributed by atoms with Crippen molar-refractivity contribution in [2.24, 2.45) is 0 Å². The molecule has 2 aromatic carbocycles. The van der Waals surface area contributed by atoms with Gasteiger partial charge in [0.05, 0.1) is 5.69 Å². The van der Waals surface area contributed by atoms with E-state index in [9.17, 15) is 14.4 Å². The third-order valence-electron chi connectivity index (χ3n) is 6.33.